The Morgan fingerprint density at radius 3 is 2.85 bits per heavy atom. The van der Waals surface area contributed by atoms with Crippen molar-refractivity contribution in [2.45, 2.75) is 39.5 Å². The van der Waals surface area contributed by atoms with E-state index in [0.29, 0.717) is 37.1 Å². The van der Waals surface area contributed by atoms with Gasteiger partial charge in [0.1, 0.15) is 6.26 Å². The number of carbonyl (C=O) groups is 1. The van der Waals surface area contributed by atoms with E-state index in [-0.39, 0.29) is 18.3 Å². The molecule has 1 aliphatic heterocycles. The van der Waals surface area contributed by atoms with E-state index in [9.17, 15) is 4.79 Å². The zero-order valence-electron chi connectivity index (χ0n) is 16.2. The molecule has 6 heteroatoms. The second-order valence-corrected chi connectivity index (χ2v) is 7.40. The van der Waals surface area contributed by atoms with Crippen LogP contribution in [0.3, 0.4) is 0 Å². The molecule has 0 bridgehead atoms. The molecule has 0 radical (unpaired) electrons. The molecule has 0 aliphatic carbocycles. The molecule has 1 aromatic carbocycles. The molecule has 0 spiro atoms. The van der Waals surface area contributed by atoms with Gasteiger partial charge in [-0.25, -0.2) is 4.98 Å². The highest BCUT2D eigenvalue weighted by atomic mass is 35.5. The number of nitrogens with one attached hydrogen (secondary N) is 2. The Bertz CT molecular complexity index is 708. The molecule has 2 heterocycles. The van der Waals surface area contributed by atoms with Gasteiger partial charge in [-0.1, -0.05) is 24.6 Å². The van der Waals surface area contributed by atoms with Gasteiger partial charge in [0.15, 0.2) is 0 Å². The number of amides is 1. The van der Waals surface area contributed by atoms with E-state index in [1.165, 1.54) is 18.4 Å². The summed E-state index contributed by atoms with van der Waals surface area (Å²) in [5.41, 5.74) is 3.05. The van der Waals surface area contributed by atoms with Crippen molar-refractivity contribution in [3.63, 3.8) is 0 Å². The number of hydrogen-bond acceptors (Lipinski definition) is 4. The number of halogens is 1. The Morgan fingerprint density at radius 2 is 2.15 bits per heavy atom. The van der Waals surface area contributed by atoms with Gasteiger partial charge < -0.3 is 15.1 Å². The lowest BCUT2D eigenvalue weighted by atomic mass is 9.85. The molecule has 1 aromatic heterocycles. The van der Waals surface area contributed by atoms with E-state index < -0.39 is 0 Å². The van der Waals surface area contributed by atoms with Crippen LogP contribution in [0, 0.1) is 18.8 Å². The average Bonchev–Trinajstić information content (AvgIpc) is 3.12. The molecule has 148 valence electrons. The highest BCUT2D eigenvalue weighted by Crippen LogP contribution is 2.22. The first-order chi connectivity index (χ1) is 12.6. The number of carbonyl (C=O) groups excluding carboxylic acids is 1. The lowest BCUT2D eigenvalue weighted by Gasteiger charge is -2.28. The molecule has 1 aliphatic rings. The van der Waals surface area contributed by atoms with Crippen molar-refractivity contribution in [1.82, 2.24) is 15.6 Å². The highest BCUT2D eigenvalue weighted by Gasteiger charge is 2.21. The molecular weight excluding hydrogens is 362 g/mol. The third kappa shape index (κ3) is 6.36. The van der Waals surface area contributed by atoms with Gasteiger partial charge in [0.25, 0.3) is 0 Å². The zero-order chi connectivity index (χ0) is 18.4. The number of rotatable bonds is 7. The number of aromatic nitrogens is 1. The van der Waals surface area contributed by atoms with Gasteiger partial charge in [-0.15, -0.1) is 12.4 Å². The molecule has 2 N–H and O–H groups in total. The number of hydrogen-bond donors (Lipinski definition) is 2. The van der Waals surface area contributed by atoms with Crippen molar-refractivity contribution in [1.29, 1.82) is 0 Å². The SMILES string of the molecule is Cc1ccc(-c2nc(CCNC(=O)CC(C)C3CCCNC3)co2)cc1.Cl. The first-order valence-corrected chi connectivity index (χ1v) is 9.60. The van der Waals surface area contributed by atoms with E-state index in [0.717, 1.165) is 24.3 Å². The van der Waals surface area contributed by atoms with Gasteiger partial charge in [-0.2, -0.15) is 0 Å². The van der Waals surface area contributed by atoms with Crippen LogP contribution in [-0.2, 0) is 11.2 Å². The first-order valence-electron chi connectivity index (χ1n) is 9.60. The lowest BCUT2D eigenvalue weighted by molar-refractivity contribution is -0.122. The molecule has 2 atom stereocenters. The Hall–Kier alpha value is -1.85. The Balaban J connectivity index is 0.00000261. The van der Waals surface area contributed by atoms with Gasteiger partial charge in [0.05, 0.1) is 5.69 Å². The summed E-state index contributed by atoms with van der Waals surface area (Å²) in [5.74, 6) is 1.79. The van der Waals surface area contributed by atoms with Gasteiger partial charge in [-0.05, 0) is 56.8 Å². The standard InChI is InChI=1S/C21H29N3O2.ClH/c1-15-5-7-17(8-6-15)21-24-19(14-26-21)9-11-23-20(25)12-16(2)18-4-3-10-22-13-18;/h5-8,14,16,18,22H,3-4,9-13H2,1-2H3,(H,23,25);1H. The second kappa shape index (κ2) is 10.5. The number of nitrogens with zero attached hydrogens (tertiary/aromatic N) is 1. The van der Waals surface area contributed by atoms with Crippen molar-refractivity contribution in [2.75, 3.05) is 19.6 Å². The van der Waals surface area contributed by atoms with Crippen LogP contribution < -0.4 is 10.6 Å². The summed E-state index contributed by atoms with van der Waals surface area (Å²) in [6.07, 6.45) is 5.40. The van der Waals surface area contributed by atoms with E-state index in [2.05, 4.69) is 29.5 Å². The van der Waals surface area contributed by atoms with Crippen LogP contribution in [0.5, 0.6) is 0 Å². The van der Waals surface area contributed by atoms with Gasteiger partial charge in [0.2, 0.25) is 11.8 Å². The Labute approximate surface area is 167 Å². The first kappa shape index (κ1) is 21.5. The molecule has 5 nitrogen and oxygen atoms in total. The smallest absolute Gasteiger partial charge is 0.226 e. The molecule has 27 heavy (non-hydrogen) atoms. The van der Waals surface area contributed by atoms with Gasteiger partial charge in [-0.3, -0.25) is 4.79 Å². The Kier molecular flexibility index (Phi) is 8.32. The average molecular weight is 392 g/mol. The predicted octanol–water partition coefficient (Wildman–Crippen LogP) is 3.76. The van der Waals surface area contributed by atoms with E-state index in [1.54, 1.807) is 6.26 Å². The number of benzene rings is 1. The van der Waals surface area contributed by atoms with Crippen LogP contribution >= 0.6 is 12.4 Å². The summed E-state index contributed by atoms with van der Waals surface area (Å²) < 4.78 is 5.56. The second-order valence-electron chi connectivity index (χ2n) is 7.40. The largest absolute Gasteiger partial charge is 0.444 e. The molecule has 3 rings (SSSR count). The molecular formula is C21H30ClN3O2. The van der Waals surface area contributed by atoms with E-state index in [4.69, 9.17) is 4.42 Å². The van der Waals surface area contributed by atoms with Crippen molar-refractivity contribution in [3.8, 4) is 11.5 Å². The molecule has 1 saturated heterocycles. The van der Waals surface area contributed by atoms with Crippen LogP contribution in [0.1, 0.15) is 37.4 Å². The number of aryl methyl sites for hydroxylation is 1. The van der Waals surface area contributed by atoms with Crippen LogP contribution in [0.15, 0.2) is 34.9 Å². The minimum atomic E-state index is 0. The lowest BCUT2D eigenvalue weighted by Crippen LogP contribution is -2.36. The van der Waals surface area contributed by atoms with Crippen LogP contribution in [0.2, 0.25) is 0 Å². The molecule has 1 amide bonds. The van der Waals surface area contributed by atoms with Crippen LogP contribution in [0.4, 0.5) is 0 Å². The van der Waals surface area contributed by atoms with Crippen molar-refractivity contribution in [3.05, 3.63) is 41.8 Å². The summed E-state index contributed by atoms with van der Waals surface area (Å²) in [5, 5.41) is 6.44. The van der Waals surface area contributed by atoms with Crippen LogP contribution in [-0.4, -0.2) is 30.5 Å². The topological polar surface area (TPSA) is 67.2 Å². The predicted molar refractivity (Wildman–Crippen MR) is 110 cm³/mol. The minimum Gasteiger partial charge on any atom is -0.444 e. The summed E-state index contributed by atoms with van der Waals surface area (Å²) in [4.78, 5) is 16.7. The summed E-state index contributed by atoms with van der Waals surface area (Å²) in [7, 11) is 0. The molecule has 2 aromatic rings. The quantitative estimate of drug-likeness (QED) is 0.754. The van der Waals surface area contributed by atoms with Crippen molar-refractivity contribution >= 4 is 18.3 Å². The number of oxazole rings is 1. The van der Waals surface area contributed by atoms with E-state index >= 15 is 0 Å². The third-order valence-electron chi connectivity index (χ3n) is 5.20. The third-order valence-corrected chi connectivity index (χ3v) is 5.20. The normalized spacial score (nSPS) is 17.8. The summed E-state index contributed by atoms with van der Waals surface area (Å²) in [6, 6.07) is 8.10. The molecule has 1 fully saturated rings. The van der Waals surface area contributed by atoms with Crippen molar-refractivity contribution in [2.24, 2.45) is 11.8 Å². The molecule has 2 unspecified atom stereocenters. The maximum absolute atomic E-state index is 12.2. The summed E-state index contributed by atoms with van der Waals surface area (Å²) >= 11 is 0. The fourth-order valence-corrected chi connectivity index (χ4v) is 3.48. The summed E-state index contributed by atoms with van der Waals surface area (Å²) in [6.45, 7) is 6.98. The monoisotopic (exact) mass is 391 g/mol. The highest BCUT2D eigenvalue weighted by molar-refractivity contribution is 5.85. The van der Waals surface area contributed by atoms with E-state index in [1.807, 2.05) is 24.3 Å². The minimum absolute atomic E-state index is 0. The molecule has 0 saturated carbocycles. The maximum atomic E-state index is 12.2. The van der Waals surface area contributed by atoms with Gasteiger partial charge in [0, 0.05) is 24.9 Å². The fraction of sp³-hybridized carbons (Fsp3) is 0.524. The van der Waals surface area contributed by atoms with Crippen LogP contribution in [0.25, 0.3) is 11.5 Å². The number of piperidine rings is 1. The maximum Gasteiger partial charge on any atom is 0.226 e. The van der Waals surface area contributed by atoms with Gasteiger partial charge >= 0.3 is 0 Å². The zero-order valence-corrected chi connectivity index (χ0v) is 17.0. The fourth-order valence-electron chi connectivity index (χ4n) is 3.48. The Morgan fingerprint density at radius 1 is 1.37 bits per heavy atom. The van der Waals surface area contributed by atoms with Crippen molar-refractivity contribution < 1.29 is 9.21 Å².